The first-order valence-corrected chi connectivity index (χ1v) is 9.18. The fourth-order valence-corrected chi connectivity index (χ4v) is 2.78. The van der Waals surface area contributed by atoms with Crippen LogP contribution in [0.5, 0.6) is 0 Å². The van der Waals surface area contributed by atoms with E-state index in [4.69, 9.17) is 5.73 Å². The summed E-state index contributed by atoms with van der Waals surface area (Å²) < 4.78 is 1.67. The average Bonchev–Trinajstić information content (AvgIpc) is 3.15. The molecule has 0 atom stereocenters. The van der Waals surface area contributed by atoms with Crippen molar-refractivity contribution in [1.82, 2.24) is 19.7 Å². The molecule has 0 saturated heterocycles. The number of nitrogens with zero attached hydrogens (tertiary/aromatic N) is 4. The highest BCUT2D eigenvalue weighted by Crippen LogP contribution is 2.26. The number of nitrogens with two attached hydrogens (primary N) is 1. The molecular formula is C21H20N8O. The Labute approximate surface area is 173 Å². The summed E-state index contributed by atoms with van der Waals surface area (Å²) in [5.41, 5.74) is 8.93. The van der Waals surface area contributed by atoms with E-state index in [-0.39, 0.29) is 5.91 Å². The van der Waals surface area contributed by atoms with Gasteiger partial charge in [0.15, 0.2) is 5.82 Å². The van der Waals surface area contributed by atoms with Gasteiger partial charge >= 0.3 is 0 Å². The molecule has 5 N–H and O–H groups in total. The molecule has 0 unspecified atom stereocenters. The number of aryl methyl sites for hydroxylation is 1. The van der Waals surface area contributed by atoms with Crippen LogP contribution in [0.4, 0.5) is 34.5 Å². The summed E-state index contributed by atoms with van der Waals surface area (Å²) in [6.07, 6.45) is 5.01. The van der Waals surface area contributed by atoms with E-state index in [2.05, 4.69) is 31.0 Å². The van der Waals surface area contributed by atoms with Gasteiger partial charge in [0, 0.05) is 30.2 Å². The molecule has 2 aromatic heterocycles. The molecule has 0 fully saturated rings. The van der Waals surface area contributed by atoms with Crippen LogP contribution in [0.15, 0.2) is 73.2 Å². The molecule has 0 saturated carbocycles. The highest BCUT2D eigenvalue weighted by Gasteiger charge is 2.13. The van der Waals surface area contributed by atoms with Gasteiger partial charge in [0.25, 0.3) is 5.91 Å². The Morgan fingerprint density at radius 2 is 1.83 bits per heavy atom. The molecular weight excluding hydrogens is 380 g/mol. The van der Waals surface area contributed by atoms with E-state index in [1.54, 1.807) is 59.7 Å². The monoisotopic (exact) mass is 400 g/mol. The van der Waals surface area contributed by atoms with Crippen LogP contribution in [0.1, 0.15) is 10.4 Å². The molecule has 4 rings (SSSR count). The Balaban J connectivity index is 1.64. The Hall–Kier alpha value is -4.40. The topological polar surface area (TPSA) is 123 Å². The lowest BCUT2D eigenvalue weighted by Gasteiger charge is -2.14. The molecule has 4 aromatic rings. The number of hydrogen-bond acceptors (Lipinski definition) is 7. The Bertz CT molecular complexity index is 1170. The third kappa shape index (κ3) is 4.53. The minimum Gasteiger partial charge on any atom is -0.399 e. The molecule has 0 aliphatic heterocycles. The maximum Gasteiger partial charge on any atom is 0.255 e. The van der Waals surface area contributed by atoms with Crippen LogP contribution in [0, 0.1) is 0 Å². The van der Waals surface area contributed by atoms with Gasteiger partial charge in [0.05, 0.1) is 18.1 Å². The maximum atomic E-state index is 12.6. The minimum absolute atomic E-state index is 0.261. The number of hydrogen-bond donors (Lipinski definition) is 4. The van der Waals surface area contributed by atoms with E-state index in [9.17, 15) is 4.79 Å². The van der Waals surface area contributed by atoms with E-state index in [1.165, 1.54) is 0 Å². The van der Waals surface area contributed by atoms with Crippen LogP contribution in [0.3, 0.4) is 0 Å². The van der Waals surface area contributed by atoms with E-state index in [0.29, 0.717) is 28.7 Å². The van der Waals surface area contributed by atoms with Crippen LogP contribution in [-0.2, 0) is 7.05 Å². The maximum absolute atomic E-state index is 12.6. The van der Waals surface area contributed by atoms with Crippen LogP contribution in [0.25, 0.3) is 0 Å². The summed E-state index contributed by atoms with van der Waals surface area (Å²) in [5, 5.41) is 13.3. The number of carbonyl (C=O) groups is 1. The lowest BCUT2D eigenvalue weighted by molar-refractivity contribution is 0.102. The zero-order valence-electron chi connectivity index (χ0n) is 16.2. The molecule has 1 amide bonds. The predicted octanol–water partition coefficient (Wildman–Crippen LogP) is 3.53. The average molecular weight is 400 g/mol. The number of carbonyl (C=O) groups excluding carboxylic acids is 1. The molecule has 0 bridgehead atoms. The first kappa shape index (κ1) is 18.9. The molecule has 0 aliphatic carbocycles. The number of anilines is 6. The largest absolute Gasteiger partial charge is 0.399 e. The molecule has 0 spiro atoms. The van der Waals surface area contributed by atoms with Crippen molar-refractivity contribution in [2.75, 3.05) is 21.7 Å². The standard InChI is InChI=1S/C21H20N8O/c1-29-13-17(11-24-29)26-21-23-12-18(27-20(30)14-6-3-2-4-7-14)19(28-21)25-16-9-5-8-15(22)10-16/h2-13H,22H2,1H3,(H,27,30)(H2,23,25,26,28). The Kier molecular flexibility index (Phi) is 5.25. The summed E-state index contributed by atoms with van der Waals surface area (Å²) >= 11 is 0. The number of rotatable bonds is 6. The Morgan fingerprint density at radius 1 is 1.00 bits per heavy atom. The second-order valence-corrected chi connectivity index (χ2v) is 6.55. The summed E-state index contributed by atoms with van der Waals surface area (Å²) in [6.45, 7) is 0. The molecule has 9 heteroatoms. The van der Waals surface area contributed by atoms with Crippen LogP contribution in [-0.4, -0.2) is 25.7 Å². The van der Waals surface area contributed by atoms with E-state index in [0.717, 1.165) is 11.4 Å². The first-order chi connectivity index (χ1) is 14.6. The third-order valence-corrected chi connectivity index (χ3v) is 4.18. The number of nitrogens with one attached hydrogen (secondary N) is 3. The zero-order valence-corrected chi connectivity index (χ0v) is 16.2. The van der Waals surface area contributed by atoms with Gasteiger partial charge in [0.2, 0.25) is 5.95 Å². The second-order valence-electron chi connectivity index (χ2n) is 6.55. The lowest BCUT2D eigenvalue weighted by Crippen LogP contribution is -2.14. The van der Waals surface area contributed by atoms with E-state index >= 15 is 0 Å². The van der Waals surface area contributed by atoms with Crippen molar-refractivity contribution in [3.63, 3.8) is 0 Å². The van der Waals surface area contributed by atoms with Crippen molar-refractivity contribution in [2.45, 2.75) is 0 Å². The number of benzene rings is 2. The van der Waals surface area contributed by atoms with Crippen LogP contribution >= 0.6 is 0 Å². The second kappa shape index (κ2) is 8.31. The lowest BCUT2D eigenvalue weighted by atomic mass is 10.2. The molecule has 2 heterocycles. The molecule has 30 heavy (non-hydrogen) atoms. The highest BCUT2D eigenvalue weighted by atomic mass is 16.1. The smallest absolute Gasteiger partial charge is 0.255 e. The van der Waals surface area contributed by atoms with Crippen molar-refractivity contribution < 1.29 is 4.79 Å². The van der Waals surface area contributed by atoms with Crippen LogP contribution in [0.2, 0.25) is 0 Å². The number of nitrogen functional groups attached to an aromatic ring is 1. The fraction of sp³-hybridized carbons (Fsp3) is 0.0476. The number of amides is 1. The summed E-state index contributed by atoms with van der Waals surface area (Å²) in [7, 11) is 1.82. The molecule has 2 aromatic carbocycles. The first-order valence-electron chi connectivity index (χ1n) is 9.18. The molecule has 0 radical (unpaired) electrons. The minimum atomic E-state index is -0.261. The van der Waals surface area contributed by atoms with Gasteiger partial charge in [-0.3, -0.25) is 9.48 Å². The van der Waals surface area contributed by atoms with Gasteiger partial charge in [-0.15, -0.1) is 0 Å². The van der Waals surface area contributed by atoms with Gasteiger partial charge in [-0.05, 0) is 30.3 Å². The number of aromatic nitrogens is 4. The molecule has 150 valence electrons. The van der Waals surface area contributed by atoms with Gasteiger partial charge in [-0.2, -0.15) is 10.1 Å². The highest BCUT2D eigenvalue weighted by molar-refractivity contribution is 6.05. The van der Waals surface area contributed by atoms with Crippen LogP contribution < -0.4 is 21.7 Å². The zero-order chi connectivity index (χ0) is 20.9. The van der Waals surface area contributed by atoms with Crippen molar-refractivity contribution >= 4 is 40.4 Å². The summed E-state index contributed by atoms with van der Waals surface area (Å²) in [4.78, 5) is 21.4. The van der Waals surface area contributed by atoms with Gasteiger partial charge in [0.1, 0.15) is 5.69 Å². The van der Waals surface area contributed by atoms with Crippen molar-refractivity contribution in [2.24, 2.45) is 7.05 Å². The fourth-order valence-electron chi connectivity index (χ4n) is 2.78. The summed E-state index contributed by atoms with van der Waals surface area (Å²) in [5.74, 6) is 0.515. The van der Waals surface area contributed by atoms with E-state index in [1.807, 2.05) is 25.2 Å². The van der Waals surface area contributed by atoms with E-state index < -0.39 is 0 Å². The third-order valence-electron chi connectivity index (χ3n) is 4.18. The summed E-state index contributed by atoms with van der Waals surface area (Å²) in [6, 6.07) is 16.2. The van der Waals surface area contributed by atoms with Gasteiger partial charge in [-0.1, -0.05) is 24.3 Å². The van der Waals surface area contributed by atoms with Crippen molar-refractivity contribution in [1.29, 1.82) is 0 Å². The quantitative estimate of drug-likeness (QED) is 0.365. The predicted molar refractivity (Wildman–Crippen MR) is 117 cm³/mol. The normalized spacial score (nSPS) is 10.4. The van der Waals surface area contributed by atoms with Crippen molar-refractivity contribution in [3.8, 4) is 0 Å². The SMILES string of the molecule is Cn1cc(Nc2ncc(NC(=O)c3ccccc3)c(Nc3cccc(N)c3)n2)cn1. The van der Waals surface area contributed by atoms with Gasteiger partial charge < -0.3 is 21.7 Å². The van der Waals surface area contributed by atoms with Crippen molar-refractivity contribution in [3.05, 3.63) is 78.8 Å². The van der Waals surface area contributed by atoms with Gasteiger partial charge in [-0.25, -0.2) is 4.98 Å². The molecule has 0 aliphatic rings. The Morgan fingerprint density at radius 3 is 2.57 bits per heavy atom. The molecule has 9 nitrogen and oxygen atoms in total.